The van der Waals surface area contributed by atoms with E-state index in [0.29, 0.717) is 36.8 Å². The lowest BCUT2D eigenvalue weighted by molar-refractivity contribution is 0.0554. The maximum Gasteiger partial charge on any atom is 0.251 e. The topological polar surface area (TPSA) is 73.6 Å². The van der Waals surface area contributed by atoms with Crippen LogP contribution in [0.2, 0.25) is 0 Å². The summed E-state index contributed by atoms with van der Waals surface area (Å²) in [5.74, 6) is 0.531. The van der Waals surface area contributed by atoms with Gasteiger partial charge in [-0.1, -0.05) is 0 Å². The molecular weight excluding hydrogens is 232 g/mol. The van der Waals surface area contributed by atoms with Gasteiger partial charge in [-0.2, -0.15) is 0 Å². The molecule has 1 aromatic rings. The standard InChI is InChI=1S/C13H18N2O3/c1-8(2)17-3-4-18-12-5-9-7-15-13(16)10(9)6-11(12)14/h5-6,8H,3-4,7,14H2,1-2H3,(H,15,16). The van der Waals surface area contributed by atoms with Crippen molar-refractivity contribution in [2.75, 3.05) is 18.9 Å². The van der Waals surface area contributed by atoms with E-state index in [0.717, 1.165) is 5.56 Å². The van der Waals surface area contributed by atoms with Crippen LogP contribution in [-0.2, 0) is 11.3 Å². The van der Waals surface area contributed by atoms with Crippen LogP contribution in [0.4, 0.5) is 5.69 Å². The zero-order valence-corrected chi connectivity index (χ0v) is 10.7. The van der Waals surface area contributed by atoms with Crippen LogP contribution in [0.5, 0.6) is 5.75 Å². The molecule has 1 aliphatic rings. The predicted octanol–water partition coefficient (Wildman–Crippen LogP) is 1.32. The number of nitrogen functional groups attached to an aromatic ring is 1. The van der Waals surface area contributed by atoms with Crippen LogP contribution < -0.4 is 15.8 Å². The van der Waals surface area contributed by atoms with Crippen molar-refractivity contribution in [3.8, 4) is 5.75 Å². The lowest BCUT2D eigenvalue weighted by Gasteiger charge is -2.12. The van der Waals surface area contributed by atoms with Crippen molar-refractivity contribution in [3.05, 3.63) is 23.3 Å². The Hall–Kier alpha value is -1.75. The molecule has 1 aliphatic heterocycles. The van der Waals surface area contributed by atoms with Gasteiger partial charge in [-0.15, -0.1) is 0 Å². The minimum atomic E-state index is -0.0774. The van der Waals surface area contributed by atoms with Crippen molar-refractivity contribution in [3.63, 3.8) is 0 Å². The number of rotatable bonds is 5. The molecule has 0 fully saturated rings. The van der Waals surface area contributed by atoms with Gasteiger partial charge in [0.05, 0.1) is 18.4 Å². The third-order valence-electron chi connectivity index (χ3n) is 2.71. The Balaban J connectivity index is 1.99. The van der Waals surface area contributed by atoms with Gasteiger partial charge in [-0.25, -0.2) is 0 Å². The monoisotopic (exact) mass is 250 g/mol. The van der Waals surface area contributed by atoms with Gasteiger partial charge < -0.3 is 20.5 Å². The van der Waals surface area contributed by atoms with Crippen molar-refractivity contribution in [1.29, 1.82) is 0 Å². The molecule has 0 saturated heterocycles. The smallest absolute Gasteiger partial charge is 0.251 e. The fourth-order valence-electron chi connectivity index (χ4n) is 1.83. The number of anilines is 1. The molecule has 2 rings (SSSR count). The van der Waals surface area contributed by atoms with E-state index in [1.54, 1.807) is 6.07 Å². The number of ether oxygens (including phenoxy) is 2. The first-order valence-electron chi connectivity index (χ1n) is 6.03. The average molecular weight is 250 g/mol. The summed E-state index contributed by atoms with van der Waals surface area (Å²) in [6.07, 6.45) is 0.188. The van der Waals surface area contributed by atoms with Crippen molar-refractivity contribution < 1.29 is 14.3 Å². The van der Waals surface area contributed by atoms with Crippen LogP contribution in [0.1, 0.15) is 29.8 Å². The van der Waals surface area contributed by atoms with E-state index >= 15 is 0 Å². The fraction of sp³-hybridized carbons (Fsp3) is 0.462. The van der Waals surface area contributed by atoms with Crippen LogP contribution in [0.3, 0.4) is 0 Å². The molecule has 5 nitrogen and oxygen atoms in total. The molecule has 0 spiro atoms. The van der Waals surface area contributed by atoms with Gasteiger partial charge >= 0.3 is 0 Å². The maximum absolute atomic E-state index is 11.4. The van der Waals surface area contributed by atoms with Gasteiger partial charge in [-0.3, -0.25) is 4.79 Å². The first-order valence-corrected chi connectivity index (χ1v) is 6.03. The zero-order valence-electron chi connectivity index (χ0n) is 10.7. The van der Waals surface area contributed by atoms with E-state index in [1.165, 1.54) is 0 Å². The number of carbonyl (C=O) groups excluding carboxylic acids is 1. The summed E-state index contributed by atoms with van der Waals surface area (Å²) in [5.41, 5.74) is 7.90. The summed E-state index contributed by atoms with van der Waals surface area (Å²) in [4.78, 5) is 11.4. The quantitative estimate of drug-likeness (QED) is 0.610. The molecule has 0 saturated carbocycles. The highest BCUT2D eigenvalue weighted by molar-refractivity contribution is 5.99. The molecule has 0 bridgehead atoms. The predicted molar refractivity (Wildman–Crippen MR) is 68.6 cm³/mol. The summed E-state index contributed by atoms with van der Waals surface area (Å²) in [5, 5.41) is 2.75. The van der Waals surface area contributed by atoms with E-state index in [4.69, 9.17) is 15.2 Å². The second-order valence-electron chi connectivity index (χ2n) is 4.50. The van der Waals surface area contributed by atoms with E-state index in [1.807, 2.05) is 19.9 Å². The third-order valence-corrected chi connectivity index (χ3v) is 2.71. The summed E-state index contributed by atoms with van der Waals surface area (Å²) >= 11 is 0. The van der Waals surface area contributed by atoms with Crippen molar-refractivity contribution in [2.24, 2.45) is 0 Å². The van der Waals surface area contributed by atoms with Gasteiger partial charge in [0.2, 0.25) is 0 Å². The molecule has 1 amide bonds. The van der Waals surface area contributed by atoms with Crippen LogP contribution in [0.25, 0.3) is 0 Å². The Labute approximate surface area is 106 Å². The Morgan fingerprint density at radius 2 is 2.17 bits per heavy atom. The Morgan fingerprint density at radius 1 is 1.39 bits per heavy atom. The summed E-state index contributed by atoms with van der Waals surface area (Å²) in [7, 11) is 0. The molecule has 5 heteroatoms. The molecule has 0 aliphatic carbocycles. The van der Waals surface area contributed by atoms with Gasteiger partial charge in [0.1, 0.15) is 12.4 Å². The SMILES string of the molecule is CC(C)OCCOc1cc2c(cc1N)C(=O)NC2. The molecule has 0 unspecified atom stereocenters. The first-order chi connectivity index (χ1) is 8.58. The molecule has 0 atom stereocenters. The molecular formula is C13H18N2O3. The number of benzene rings is 1. The summed E-state index contributed by atoms with van der Waals surface area (Å²) in [6, 6.07) is 3.48. The minimum Gasteiger partial charge on any atom is -0.489 e. The fourth-order valence-corrected chi connectivity index (χ4v) is 1.83. The third kappa shape index (κ3) is 2.73. The molecule has 3 N–H and O–H groups in total. The second-order valence-corrected chi connectivity index (χ2v) is 4.50. The molecule has 0 aromatic heterocycles. The van der Waals surface area contributed by atoms with Crippen molar-refractivity contribution in [1.82, 2.24) is 5.32 Å². The highest BCUT2D eigenvalue weighted by Gasteiger charge is 2.20. The number of nitrogens with two attached hydrogens (primary N) is 1. The number of amides is 1. The Bertz CT molecular complexity index is 458. The normalized spacial score (nSPS) is 13.6. The molecule has 98 valence electrons. The van der Waals surface area contributed by atoms with E-state index in [2.05, 4.69) is 5.32 Å². The van der Waals surface area contributed by atoms with Crippen molar-refractivity contribution in [2.45, 2.75) is 26.5 Å². The number of fused-ring (bicyclic) bond motifs is 1. The van der Waals surface area contributed by atoms with Gasteiger partial charge in [0.15, 0.2) is 0 Å². The minimum absolute atomic E-state index is 0.0774. The summed E-state index contributed by atoms with van der Waals surface area (Å²) < 4.78 is 10.9. The van der Waals surface area contributed by atoms with E-state index in [9.17, 15) is 4.79 Å². The number of carbonyl (C=O) groups is 1. The molecule has 1 heterocycles. The highest BCUT2D eigenvalue weighted by Crippen LogP contribution is 2.28. The number of hydrogen-bond donors (Lipinski definition) is 2. The summed E-state index contributed by atoms with van der Waals surface area (Å²) in [6.45, 7) is 5.45. The van der Waals surface area contributed by atoms with Gasteiger partial charge in [0.25, 0.3) is 5.91 Å². The van der Waals surface area contributed by atoms with Crippen LogP contribution in [0.15, 0.2) is 12.1 Å². The average Bonchev–Trinajstić information content (AvgIpc) is 2.66. The lowest BCUT2D eigenvalue weighted by Crippen LogP contribution is -2.12. The van der Waals surface area contributed by atoms with E-state index in [-0.39, 0.29) is 12.0 Å². The lowest BCUT2D eigenvalue weighted by atomic mass is 10.1. The second kappa shape index (κ2) is 5.27. The van der Waals surface area contributed by atoms with Gasteiger partial charge in [0, 0.05) is 12.1 Å². The number of nitrogens with one attached hydrogen (secondary N) is 1. The molecule has 0 radical (unpaired) electrons. The Morgan fingerprint density at radius 3 is 2.89 bits per heavy atom. The number of hydrogen-bond acceptors (Lipinski definition) is 4. The molecule has 18 heavy (non-hydrogen) atoms. The Kier molecular flexibility index (Phi) is 3.72. The zero-order chi connectivity index (χ0) is 13.1. The van der Waals surface area contributed by atoms with E-state index < -0.39 is 0 Å². The van der Waals surface area contributed by atoms with Crippen LogP contribution >= 0.6 is 0 Å². The highest BCUT2D eigenvalue weighted by atomic mass is 16.5. The molecule has 1 aromatic carbocycles. The van der Waals surface area contributed by atoms with Gasteiger partial charge in [-0.05, 0) is 31.5 Å². The van der Waals surface area contributed by atoms with Crippen LogP contribution in [-0.4, -0.2) is 25.2 Å². The first kappa shape index (κ1) is 12.7. The van der Waals surface area contributed by atoms with Crippen LogP contribution in [0, 0.1) is 0 Å². The van der Waals surface area contributed by atoms with Crippen molar-refractivity contribution >= 4 is 11.6 Å². The largest absolute Gasteiger partial charge is 0.489 e. The maximum atomic E-state index is 11.4.